The van der Waals surface area contributed by atoms with Crippen LogP contribution in [0.2, 0.25) is 0 Å². The van der Waals surface area contributed by atoms with Gasteiger partial charge in [-0.05, 0) is 49.2 Å². The number of benzene rings is 2. The molecule has 1 unspecified atom stereocenters. The molecule has 3 aromatic rings. The van der Waals surface area contributed by atoms with E-state index in [1.165, 1.54) is 16.7 Å². The average molecular weight is 559 g/mol. The zero-order chi connectivity index (χ0) is 23.7. The van der Waals surface area contributed by atoms with Crippen LogP contribution in [0.15, 0.2) is 57.3 Å². The molecule has 3 amide bonds. The van der Waals surface area contributed by atoms with Crippen molar-refractivity contribution in [2.24, 2.45) is 0 Å². The molecule has 1 aliphatic heterocycles. The molecule has 34 heavy (non-hydrogen) atoms. The number of rotatable bonds is 6. The Morgan fingerprint density at radius 3 is 2.56 bits per heavy atom. The van der Waals surface area contributed by atoms with E-state index in [-0.39, 0.29) is 35.9 Å². The highest BCUT2D eigenvalue weighted by Crippen LogP contribution is 2.34. The highest BCUT2D eigenvalue weighted by Gasteiger charge is 2.46. The number of amides is 3. The number of thioether (sulfide) groups is 1. The molecule has 6 nitrogen and oxygen atoms in total. The highest BCUT2D eigenvalue weighted by molar-refractivity contribution is 9.10. The number of para-hydroxylation sites is 1. The van der Waals surface area contributed by atoms with Gasteiger partial charge in [-0.1, -0.05) is 59.1 Å². The van der Waals surface area contributed by atoms with Gasteiger partial charge in [0.1, 0.15) is 6.04 Å². The molecule has 5 rings (SSSR count). The smallest absolute Gasteiger partial charge is 0.257 e. The van der Waals surface area contributed by atoms with Crippen LogP contribution in [0.5, 0.6) is 0 Å². The monoisotopic (exact) mass is 557 g/mol. The number of hydrogen-bond acceptors (Lipinski definition) is 6. The zero-order valence-corrected chi connectivity index (χ0v) is 21.7. The van der Waals surface area contributed by atoms with Crippen LogP contribution in [0.4, 0.5) is 5.69 Å². The van der Waals surface area contributed by atoms with Crippen molar-refractivity contribution in [3.05, 3.63) is 53.0 Å². The normalized spacial score (nSPS) is 19.2. The maximum atomic E-state index is 13.6. The van der Waals surface area contributed by atoms with Crippen molar-refractivity contribution in [3.63, 3.8) is 0 Å². The van der Waals surface area contributed by atoms with E-state index in [9.17, 15) is 14.4 Å². The van der Waals surface area contributed by atoms with Crippen molar-refractivity contribution in [1.82, 2.24) is 9.88 Å². The third kappa shape index (κ3) is 4.78. The Kier molecular flexibility index (Phi) is 7.04. The lowest BCUT2D eigenvalue weighted by Crippen LogP contribution is -2.52. The SMILES string of the molecule is O=C1CC(N(C(=O)CSc2nc3ccccc3s2)C2CCCCC2)C(=O)N1c1ccc(Br)cc1. The maximum Gasteiger partial charge on any atom is 0.257 e. The van der Waals surface area contributed by atoms with E-state index in [0.717, 1.165) is 51.1 Å². The molecular weight excluding hydrogens is 534 g/mol. The summed E-state index contributed by atoms with van der Waals surface area (Å²) in [5, 5.41) is 0. The summed E-state index contributed by atoms with van der Waals surface area (Å²) in [6.45, 7) is 0. The van der Waals surface area contributed by atoms with Crippen LogP contribution in [0.1, 0.15) is 38.5 Å². The Morgan fingerprint density at radius 2 is 1.82 bits per heavy atom. The van der Waals surface area contributed by atoms with Gasteiger partial charge in [-0.2, -0.15) is 0 Å². The topological polar surface area (TPSA) is 70.6 Å². The fraction of sp³-hybridized carbons (Fsp3) is 0.360. The van der Waals surface area contributed by atoms with Crippen LogP contribution in [-0.4, -0.2) is 45.4 Å². The fourth-order valence-corrected chi connectivity index (χ4v) is 7.00. The summed E-state index contributed by atoms with van der Waals surface area (Å²) >= 11 is 6.36. The summed E-state index contributed by atoms with van der Waals surface area (Å²) in [5.74, 6) is -0.465. The minimum atomic E-state index is -0.747. The van der Waals surface area contributed by atoms with E-state index in [0.29, 0.717) is 5.69 Å². The number of carbonyl (C=O) groups is 3. The molecule has 176 valence electrons. The average Bonchev–Trinajstić information content (AvgIpc) is 3.39. The minimum absolute atomic E-state index is 0.0103. The van der Waals surface area contributed by atoms with Gasteiger partial charge in [-0.25, -0.2) is 9.88 Å². The molecule has 2 heterocycles. The van der Waals surface area contributed by atoms with Crippen molar-refractivity contribution in [3.8, 4) is 0 Å². The van der Waals surface area contributed by atoms with Gasteiger partial charge >= 0.3 is 0 Å². The molecule has 9 heteroatoms. The van der Waals surface area contributed by atoms with Crippen molar-refractivity contribution < 1.29 is 14.4 Å². The first-order chi connectivity index (χ1) is 16.5. The number of aromatic nitrogens is 1. The first kappa shape index (κ1) is 23.5. The van der Waals surface area contributed by atoms with Gasteiger partial charge < -0.3 is 4.90 Å². The largest absolute Gasteiger partial charge is 0.326 e. The zero-order valence-electron chi connectivity index (χ0n) is 18.5. The van der Waals surface area contributed by atoms with E-state index >= 15 is 0 Å². The summed E-state index contributed by atoms with van der Waals surface area (Å²) in [5.41, 5.74) is 1.47. The van der Waals surface area contributed by atoms with Gasteiger partial charge in [-0.15, -0.1) is 11.3 Å². The van der Waals surface area contributed by atoms with E-state index in [1.807, 2.05) is 36.4 Å². The van der Waals surface area contributed by atoms with Crippen LogP contribution < -0.4 is 4.90 Å². The lowest BCUT2D eigenvalue weighted by atomic mass is 9.92. The minimum Gasteiger partial charge on any atom is -0.326 e. The summed E-state index contributed by atoms with van der Waals surface area (Å²) < 4.78 is 2.80. The number of fused-ring (bicyclic) bond motifs is 1. The Labute approximate surface area is 214 Å². The number of carbonyl (C=O) groups excluding carboxylic acids is 3. The van der Waals surface area contributed by atoms with Crippen molar-refractivity contribution >= 4 is 72.7 Å². The molecular formula is C25H24BrN3O3S2. The molecule has 0 spiro atoms. The first-order valence-corrected chi connectivity index (χ1v) is 14.0. The van der Waals surface area contributed by atoms with E-state index in [2.05, 4.69) is 20.9 Å². The Bertz CT molecular complexity index is 1190. The highest BCUT2D eigenvalue weighted by atomic mass is 79.9. The third-order valence-electron chi connectivity index (χ3n) is 6.39. The van der Waals surface area contributed by atoms with E-state index < -0.39 is 6.04 Å². The molecule has 1 aliphatic carbocycles. The van der Waals surface area contributed by atoms with Gasteiger partial charge in [0.2, 0.25) is 11.8 Å². The molecule has 1 aromatic heterocycles. The second-order valence-corrected chi connectivity index (χ2v) is 11.8. The Hall–Kier alpha value is -2.23. The summed E-state index contributed by atoms with van der Waals surface area (Å²) in [7, 11) is 0. The predicted molar refractivity (Wildman–Crippen MR) is 139 cm³/mol. The first-order valence-electron chi connectivity index (χ1n) is 11.4. The quantitative estimate of drug-likeness (QED) is 0.289. The molecule has 1 saturated heterocycles. The van der Waals surface area contributed by atoms with Crippen LogP contribution in [-0.2, 0) is 14.4 Å². The number of halogens is 1. The van der Waals surface area contributed by atoms with Gasteiger partial charge in [0.25, 0.3) is 5.91 Å². The number of hydrogen-bond donors (Lipinski definition) is 0. The predicted octanol–water partition coefficient (Wildman–Crippen LogP) is 5.64. The summed E-state index contributed by atoms with van der Waals surface area (Å²) in [4.78, 5) is 47.5. The van der Waals surface area contributed by atoms with Gasteiger partial charge in [0, 0.05) is 10.5 Å². The Balaban J connectivity index is 1.36. The van der Waals surface area contributed by atoms with E-state index in [4.69, 9.17) is 0 Å². The van der Waals surface area contributed by atoms with Crippen LogP contribution in [0, 0.1) is 0 Å². The van der Waals surface area contributed by atoms with Gasteiger partial charge in [-0.3, -0.25) is 14.4 Å². The maximum absolute atomic E-state index is 13.6. The number of thiazole rings is 1. The number of nitrogens with zero attached hydrogens (tertiary/aromatic N) is 3. The molecule has 1 saturated carbocycles. The van der Waals surface area contributed by atoms with Crippen molar-refractivity contribution in [2.75, 3.05) is 10.7 Å². The molecule has 0 bridgehead atoms. The summed E-state index contributed by atoms with van der Waals surface area (Å²) in [6, 6.07) is 14.3. The number of imide groups is 1. The Morgan fingerprint density at radius 1 is 1.09 bits per heavy atom. The molecule has 0 radical (unpaired) electrons. The molecule has 2 fully saturated rings. The van der Waals surface area contributed by atoms with Crippen LogP contribution in [0.25, 0.3) is 10.2 Å². The fourth-order valence-electron chi connectivity index (χ4n) is 4.80. The van der Waals surface area contributed by atoms with Crippen LogP contribution in [0.3, 0.4) is 0 Å². The van der Waals surface area contributed by atoms with E-state index in [1.54, 1.807) is 28.4 Å². The van der Waals surface area contributed by atoms with Gasteiger partial charge in [0.15, 0.2) is 4.34 Å². The summed E-state index contributed by atoms with van der Waals surface area (Å²) in [6.07, 6.45) is 4.97. The van der Waals surface area contributed by atoms with Gasteiger partial charge in [0.05, 0.1) is 28.1 Å². The molecule has 1 atom stereocenters. The molecule has 2 aliphatic rings. The van der Waals surface area contributed by atoms with Crippen molar-refractivity contribution in [2.45, 2.75) is 54.9 Å². The third-order valence-corrected chi connectivity index (χ3v) is 9.09. The standard InChI is InChI=1S/C25H24BrN3O3S2/c26-16-10-12-18(13-11-16)29-22(30)14-20(24(29)32)28(17-6-2-1-3-7-17)23(31)15-33-25-27-19-8-4-5-9-21(19)34-25/h4-5,8-13,17,20H,1-3,6-7,14-15H2. The lowest BCUT2D eigenvalue weighted by molar-refractivity contribution is -0.139. The molecule has 0 N–H and O–H groups in total. The molecule has 2 aromatic carbocycles. The number of anilines is 1. The van der Waals surface area contributed by atoms with Crippen LogP contribution >= 0.6 is 39.0 Å². The second-order valence-electron chi connectivity index (χ2n) is 8.59. The van der Waals surface area contributed by atoms with Crippen molar-refractivity contribution in [1.29, 1.82) is 0 Å². The lowest BCUT2D eigenvalue weighted by Gasteiger charge is -2.37. The second kappa shape index (κ2) is 10.2.